The first-order chi connectivity index (χ1) is 12.1. The highest BCUT2D eigenvalue weighted by Crippen LogP contribution is 2.32. The van der Waals surface area contributed by atoms with E-state index in [4.69, 9.17) is 27.9 Å². The van der Waals surface area contributed by atoms with Crippen molar-refractivity contribution in [3.8, 4) is 0 Å². The SMILES string of the molecule is CN1CCN(CCOC(c2cccc(Cl)c2)c2ccccc2Cl)CC1. The topological polar surface area (TPSA) is 15.7 Å². The average Bonchev–Trinajstić information content (AvgIpc) is 2.61. The zero-order valence-corrected chi connectivity index (χ0v) is 16.0. The molecule has 1 atom stereocenters. The normalized spacial score (nSPS) is 17.6. The number of hydrogen-bond donors (Lipinski definition) is 0. The van der Waals surface area contributed by atoms with E-state index in [2.05, 4.69) is 16.8 Å². The maximum absolute atomic E-state index is 6.42. The summed E-state index contributed by atoms with van der Waals surface area (Å²) in [5, 5.41) is 1.42. The Morgan fingerprint density at radius 3 is 2.48 bits per heavy atom. The van der Waals surface area contributed by atoms with E-state index < -0.39 is 0 Å². The fourth-order valence-electron chi connectivity index (χ4n) is 3.09. The number of likely N-dealkylation sites (N-methyl/N-ethyl adjacent to an activating group) is 1. The molecule has 0 bridgehead atoms. The highest BCUT2D eigenvalue weighted by atomic mass is 35.5. The molecule has 1 aliphatic rings. The monoisotopic (exact) mass is 378 g/mol. The summed E-state index contributed by atoms with van der Waals surface area (Å²) >= 11 is 12.6. The lowest BCUT2D eigenvalue weighted by molar-refractivity contribution is 0.0484. The highest BCUT2D eigenvalue weighted by molar-refractivity contribution is 6.31. The summed E-state index contributed by atoms with van der Waals surface area (Å²) in [5.74, 6) is 0. The molecule has 0 saturated carbocycles. The molecule has 134 valence electrons. The van der Waals surface area contributed by atoms with Gasteiger partial charge >= 0.3 is 0 Å². The minimum absolute atomic E-state index is 0.208. The smallest absolute Gasteiger partial charge is 0.109 e. The summed E-state index contributed by atoms with van der Waals surface area (Å²) in [6.45, 7) is 5.99. The summed E-state index contributed by atoms with van der Waals surface area (Å²) in [6.07, 6.45) is -0.208. The fourth-order valence-corrected chi connectivity index (χ4v) is 3.53. The van der Waals surface area contributed by atoms with Gasteiger partial charge in [0.2, 0.25) is 0 Å². The molecule has 2 aromatic rings. The first kappa shape index (κ1) is 18.7. The Hall–Kier alpha value is -1.10. The lowest BCUT2D eigenvalue weighted by atomic mass is 10.0. The summed E-state index contributed by atoms with van der Waals surface area (Å²) < 4.78 is 6.28. The second-order valence-corrected chi connectivity index (χ2v) is 7.32. The second-order valence-electron chi connectivity index (χ2n) is 6.47. The van der Waals surface area contributed by atoms with Crippen molar-refractivity contribution in [3.05, 3.63) is 69.7 Å². The number of benzene rings is 2. The van der Waals surface area contributed by atoms with E-state index in [1.165, 1.54) is 0 Å². The molecule has 0 aliphatic carbocycles. The van der Waals surface area contributed by atoms with E-state index in [1.807, 2.05) is 48.5 Å². The Kier molecular flexibility index (Phi) is 6.74. The van der Waals surface area contributed by atoms with Crippen LogP contribution in [0, 0.1) is 0 Å². The maximum Gasteiger partial charge on any atom is 0.109 e. The number of halogens is 2. The van der Waals surface area contributed by atoms with Gasteiger partial charge in [-0.05, 0) is 30.8 Å². The molecule has 5 heteroatoms. The molecule has 0 spiro atoms. The van der Waals surface area contributed by atoms with E-state index in [-0.39, 0.29) is 6.10 Å². The molecule has 2 aromatic carbocycles. The molecule has 25 heavy (non-hydrogen) atoms. The summed E-state index contributed by atoms with van der Waals surface area (Å²) in [6, 6.07) is 15.7. The van der Waals surface area contributed by atoms with Crippen molar-refractivity contribution in [3.63, 3.8) is 0 Å². The molecule has 1 aliphatic heterocycles. The van der Waals surface area contributed by atoms with Gasteiger partial charge in [-0.3, -0.25) is 4.90 Å². The first-order valence-corrected chi connectivity index (χ1v) is 9.41. The van der Waals surface area contributed by atoms with Crippen LogP contribution in [0.3, 0.4) is 0 Å². The van der Waals surface area contributed by atoms with Crippen LogP contribution in [0.5, 0.6) is 0 Å². The number of piperazine rings is 1. The Morgan fingerprint density at radius 1 is 1.00 bits per heavy atom. The third-order valence-electron chi connectivity index (χ3n) is 4.63. The molecule has 0 radical (unpaired) electrons. The van der Waals surface area contributed by atoms with Gasteiger partial charge in [0, 0.05) is 48.3 Å². The van der Waals surface area contributed by atoms with Crippen molar-refractivity contribution in [1.29, 1.82) is 0 Å². The molecule has 1 heterocycles. The highest BCUT2D eigenvalue weighted by Gasteiger charge is 2.19. The van der Waals surface area contributed by atoms with Gasteiger partial charge < -0.3 is 9.64 Å². The van der Waals surface area contributed by atoms with Crippen LogP contribution in [0.4, 0.5) is 0 Å². The van der Waals surface area contributed by atoms with Gasteiger partial charge in [-0.1, -0.05) is 53.5 Å². The van der Waals surface area contributed by atoms with Gasteiger partial charge in [-0.2, -0.15) is 0 Å². The Morgan fingerprint density at radius 2 is 1.76 bits per heavy atom. The van der Waals surface area contributed by atoms with Crippen molar-refractivity contribution >= 4 is 23.2 Å². The van der Waals surface area contributed by atoms with Gasteiger partial charge in [0.05, 0.1) is 6.61 Å². The van der Waals surface area contributed by atoms with Crippen molar-refractivity contribution in [2.75, 3.05) is 46.4 Å². The number of ether oxygens (including phenoxy) is 1. The van der Waals surface area contributed by atoms with Crippen LogP contribution >= 0.6 is 23.2 Å². The molecule has 1 unspecified atom stereocenters. The molecule has 0 amide bonds. The van der Waals surface area contributed by atoms with E-state index in [0.717, 1.165) is 43.9 Å². The maximum atomic E-state index is 6.42. The van der Waals surface area contributed by atoms with Crippen molar-refractivity contribution in [2.45, 2.75) is 6.10 Å². The van der Waals surface area contributed by atoms with Crippen molar-refractivity contribution < 1.29 is 4.74 Å². The zero-order valence-electron chi connectivity index (χ0n) is 14.5. The van der Waals surface area contributed by atoms with Gasteiger partial charge in [0.1, 0.15) is 6.10 Å². The van der Waals surface area contributed by atoms with Crippen LogP contribution in [-0.2, 0) is 4.74 Å². The Labute approximate surface area is 160 Å². The van der Waals surface area contributed by atoms with E-state index in [1.54, 1.807) is 0 Å². The quantitative estimate of drug-likeness (QED) is 0.742. The number of hydrogen-bond acceptors (Lipinski definition) is 3. The zero-order chi connectivity index (χ0) is 17.6. The molecular formula is C20H24Cl2N2O. The summed E-state index contributed by atoms with van der Waals surface area (Å²) in [7, 11) is 2.17. The van der Waals surface area contributed by atoms with E-state index in [9.17, 15) is 0 Å². The predicted octanol–water partition coefficient (Wildman–Crippen LogP) is 4.35. The van der Waals surface area contributed by atoms with Crippen LogP contribution in [0.1, 0.15) is 17.2 Å². The van der Waals surface area contributed by atoms with Gasteiger partial charge in [0.25, 0.3) is 0 Å². The molecule has 1 saturated heterocycles. The minimum Gasteiger partial charge on any atom is -0.367 e. The molecule has 1 fully saturated rings. The van der Waals surface area contributed by atoms with E-state index >= 15 is 0 Å². The van der Waals surface area contributed by atoms with Gasteiger partial charge in [-0.25, -0.2) is 0 Å². The molecule has 0 N–H and O–H groups in total. The van der Waals surface area contributed by atoms with Gasteiger partial charge in [0.15, 0.2) is 0 Å². The van der Waals surface area contributed by atoms with Crippen LogP contribution < -0.4 is 0 Å². The molecule has 3 nitrogen and oxygen atoms in total. The molecule has 0 aromatic heterocycles. The predicted molar refractivity (Wildman–Crippen MR) is 105 cm³/mol. The minimum atomic E-state index is -0.208. The largest absolute Gasteiger partial charge is 0.367 e. The lowest BCUT2D eigenvalue weighted by Crippen LogP contribution is -2.45. The van der Waals surface area contributed by atoms with Crippen LogP contribution in [0.15, 0.2) is 48.5 Å². The van der Waals surface area contributed by atoms with E-state index in [0.29, 0.717) is 16.7 Å². The summed E-state index contributed by atoms with van der Waals surface area (Å²) in [5.41, 5.74) is 2.00. The van der Waals surface area contributed by atoms with Crippen LogP contribution in [0.2, 0.25) is 10.0 Å². The van der Waals surface area contributed by atoms with Crippen LogP contribution in [0.25, 0.3) is 0 Å². The fraction of sp³-hybridized carbons (Fsp3) is 0.400. The summed E-state index contributed by atoms with van der Waals surface area (Å²) in [4.78, 5) is 4.80. The Bertz CT molecular complexity index is 687. The third-order valence-corrected chi connectivity index (χ3v) is 5.21. The van der Waals surface area contributed by atoms with Crippen molar-refractivity contribution in [2.24, 2.45) is 0 Å². The van der Waals surface area contributed by atoms with Crippen molar-refractivity contribution in [1.82, 2.24) is 9.80 Å². The number of rotatable bonds is 6. The van der Waals surface area contributed by atoms with Crippen LogP contribution in [-0.4, -0.2) is 56.2 Å². The Balaban J connectivity index is 1.70. The first-order valence-electron chi connectivity index (χ1n) is 8.66. The molecular weight excluding hydrogens is 355 g/mol. The second kappa shape index (κ2) is 9.02. The standard InChI is InChI=1S/C20H24Cl2N2O/c1-23-9-11-24(12-10-23)13-14-25-20(16-5-4-6-17(21)15-16)18-7-2-3-8-19(18)22/h2-8,15,20H,9-14H2,1H3. The third kappa shape index (κ3) is 5.19. The average molecular weight is 379 g/mol. The molecule has 3 rings (SSSR count). The number of nitrogens with zero attached hydrogens (tertiary/aromatic N) is 2. The lowest BCUT2D eigenvalue weighted by Gasteiger charge is -2.32. The van der Waals surface area contributed by atoms with Gasteiger partial charge in [-0.15, -0.1) is 0 Å².